The van der Waals surface area contributed by atoms with Crippen LogP contribution in [0.25, 0.3) is 6.08 Å². The molecule has 2 aromatic rings. The molecule has 1 aromatic carbocycles. The second-order valence-electron chi connectivity index (χ2n) is 3.70. The van der Waals surface area contributed by atoms with Gasteiger partial charge in [0.05, 0.1) is 0 Å². The monoisotopic (exact) mass is 308 g/mol. The summed E-state index contributed by atoms with van der Waals surface area (Å²) < 4.78 is 0. The van der Waals surface area contributed by atoms with E-state index >= 15 is 0 Å². The molecule has 0 fully saturated rings. The van der Waals surface area contributed by atoms with Crippen molar-refractivity contribution >= 4 is 46.0 Å². The van der Waals surface area contributed by atoms with Gasteiger partial charge >= 0.3 is 5.97 Å². The van der Waals surface area contributed by atoms with Crippen molar-refractivity contribution in [3.8, 4) is 0 Å². The molecule has 5 nitrogen and oxygen atoms in total. The Balaban J connectivity index is 2.07. The number of aromatic nitrogens is 1. The van der Waals surface area contributed by atoms with Gasteiger partial charge in [-0.25, -0.2) is 9.78 Å². The molecule has 1 aromatic heterocycles. The summed E-state index contributed by atoms with van der Waals surface area (Å²) in [5, 5.41) is 12.0. The fourth-order valence-corrected chi connectivity index (χ4v) is 2.28. The van der Waals surface area contributed by atoms with Crippen LogP contribution in [0.1, 0.15) is 15.2 Å². The molecule has 0 saturated carbocycles. The maximum atomic E-state index is 11.9. The zero-order valence-electron chi connectivity index (χ0n) is 10.0. The van der Waals surface area contributed by atoms with Gasteiger partial charge in [-0.3, -0.25) is 10.1 Å². The minimum absolute atomic E-state index is 0.324. The van der Waals surface area contributed by atoms with E-state index in [-0.39, 0.29) is 5.91 Å². The number of nitrogens with zero attached hydrogens (tertiary/aromatic N) is 1. The van der Waals surface area contributed by atoms with Gasteiger partial charge in [0.15, 0.2) is 5.13 Å². The van der Waals surface area contributed by atoms with Gasteiger partial charge in [-0.1, -0.05) is 29.0 Å². The van der Waals surface area contributed by atoms with E-state index < -0.39 is 5.97 Å². The summed E-state index contributed by atoms with van der Waals surface area (Å²) in [4.78, 5) is 26.9. The Morgan fingerprint density at radius 2 is 2.20 bits per heavy atom. The molecule has 0 spiro atoms. The molecule has 0 saturated heterocycles. The van der Waals surface area contributed by atoms with Crippen molar-refractivity contribution in [2.24, 2.45) is 0 Å². The van der Waals surface area contributed by atoms with Crippen LogP contribution in [0, 0.1) is 0 Å². The van der Waals surface area contributed by atoms with Crippen molar-refractivity contribution in [3.63, 3.8) is 0 Å². The topological polar surface area (TPSA) is 79.3 Å². The Labute approximate surface area is 123 Å². The van der Waals surface area contributed by atoms with E-state index in [1.54, 1.807) is 24.3 Å². The highest BCUT2D eigenvalue weighted by Crippen LogP contribution is 2.20. The number of halogens is 1. The van der Waals surface area contributed by atoms with Gasteiger partial charge in [-0.05, 0) is 24.3 Å². The number of thiazole rings is 1. The predicted molar refractivity (Wildman–Crippen MR) is 78.2 cm³/mol. The first-order chi connectivity index (χ1) is 9.54. The van der Waals surface area contributed by atoms with Crippen LogP contribution >= 0.6 is 22.9 Å². The number of benzene rings is 1. The van der Waals surface area contributed by atoms with Crippen LogP contribution in [0.15, 0.2) is 36.5 Å². The molecule has 0 aliphatic carbocycles. The third-order valence-electron chi connectivity index (χ3n) is 2.22. The van der Waals surface area contributed by atoms with Gasteiger partial charge in [0.1, 0.15) is 0 Å². The number of carbonyl (C=O) groups excluding carboxylic acids is 1. The molecule has 0 aliphatic rings. The highest BCUT2D eigenvalue weighted by Gasteiger charge is 2.08. The number of carboxylic acid groups (broad SMARTS) is 1. The summed E-state index contributed by atoms with van der Waals surface area (Å²) in [6, 6.07) is 6.55. The normalized spacial score (nSPS) is 10.7. The summed E-state index contributed by atoms with van der Waals surface area (Å²) in [6.07, 6.45) is 3.91. The van der Waals surface area contributed by atoms with Crippen LogP contribution < -0.4 is 5.32 Å². The minimum atomic E-state index is -1.04. The standard InChI is InChI=1S/C13H9ClN2O3S/c14-9-3-1-2-8(6-9)12(19)16-13-15-7-10(20-13)4-5-11(17)18/h1-7H,(H,17,18)(H,15,16,19). The summed E-state index contributed by atoms with van der Waals surface area (Å²) in [5.74, 6) is -1.36. The molecule has 0 aliphatic heterocycles. The Bertz CT molecular complexity index is 682. The minimum Gasteiger partial charge on any atom is -0.478 e. The number of carbonyl (C=O) groups is 2. The van der Waals surface area contributed by atoms with Gasteiger partial charge < -0.3 is 5.11 Å². The van der Waals surface area contributed by atoms with Crippen molar-refractivity contribution in [1.29, 1.82) is 0 Å². The van der Waals surface area contributed by atoms with E-state index in [2.05, 4.69) is 10.3 Å². The largest absolute Gasteiger partial charge is 0.478 e. The quantitative estimate of drug-likeness (QED) is 0.850. The Morgan fingerprint density at radius 3 is 2.90 bits per heavy atom. The molecule has 0 bridgehead atoms. The number of carboxylic acids is 1. The van der Waals surface area contributed by atoms with Crippen LogP contribution in [-0.2, 0) is 4.79 Å². The number of rotatable bonds is 4. The van der Waals surface area contributed by atoms with Gasteiger partial charge in [-0.2, -0.15) is 0 Å². The molecular formula is C13H9ClN2O3S. The Kier molecular flexibility index (Phi) is 4.49. The number of hydrogen-bond acceptors (Lipinski definition) is 4. The predicted octanol–water partition coefficient (Wildman–Crippen LogP) is 3.15. The second-order valence-corrected chi connectivity index (χ2v) is 5.20. The van der Waals surface area contributed by atoms with Crippen molar-refractivity contribution in [3.05, 3.63) is 52.0 Å². The molecular weight excluding hydrogens is 300 g/mol. The number of amides is 1. The van der Waals surface area contributed by atoms with Gasteiger partial charge in [0.25, 0.3) is 5.91 Å². The van der Waals surface area contributed by atoms with Crippen molar-refractivity contribution in [1.82, 2.24) is 4.98 Å². The van der Waals surface area contributed by atoms with E-state index in [1.165, 1.54) is 23.6 Å². The van der Waals surface area contributed by atoms with Crippen LogP contribution in [0.3, 0.4) is 0 Å². The molecule has 7 heteroatoms. The molecule has 2 rings (SSSR count). The first-order valence-corrected chi connectivity index (χ1v) is 6.68. The maximum absolute atomic E-state index is 11.9. The van der Waals surface area contributed by atoms with Crippen LogP contribution in [0.2, 0.25) is 5.02 Å². The average molecular weight is 309 g/mol. The summed E-state index contributed by atoms with van der Waals surface area (Å²) in [5.41, 5.74) is 0.426. The Hall–Kier alpha value is -2.18. The second kappa shape index (κ2) is 6.31. The van der Waals surface area contributed by atoms with Gasteiger partial charge in [0, 0.05) is 27.7 Å². The van der Waals surface area contributed by atoms with Crippen LogP contribution in [-0.4, -0.2) is 22.0 Å². The van der Waals surface area contributed by atoms with E-state index in [4.69, 9.17) is 16.7 Å². The van der Waals surface area contributed by atoms with Gasteiger partial charge in [0.2, 0.25) is 0 Å². The van der Waals surface area contributed by atoms with Crippen LogP contribution in [0.4, 0.5) is 5.13 Å². The summed E-state index contributed by atoms with van der Waals surface area (Å²) >= 11 is 6.99. The van der Waals surface area contributed by atoms with E-state index in [1.807, 2.05) is 0 Å². The third kappa shape index (κ3) is 3.91. The first-order valence-electron chi connectivity index (χ1n) is 5.48. The smallest absolute Gasteiger partial charge is 0.328 e. The van der Waals surface area contributed by atoms with Crippen molar-refractivity contribution in [2.45, 2.75) is 0 Å². The molecule has 0 atom stereocenters. The maximum Gasteiger partial charge on any atom is 0.328 e. The highest BCUT2D eigenvalue weighted by molar-refractivity contribution is 7.16. The fraction of sp³-hybridized carbons (Fsp3) is 0. The lowest BCUT2D eigenvalue weighted by atomic mass is 10.2. The fourth-order valence-electron chi connectivity index (χ4n) is 1.37. The lowest BCUT2D eigenvalue weighted by molar-refractivity contribution is -0.131. The highest BCUT2D eigenvalue weighted by atomic mass is 35.5. The molecule has 102 valence electrons. The lowest BCUT2D eigenvalue weighted by Gasteiger charge is -2.01. The van der Waals surface area contributed by atoms with Crippen molar-refractivity contribution in [2.75, 3.05) is 5.32 Å². The number of nitrogens with one attached hydrogen (secondary N) is 1. The average Bonchev–Trinajstić information content (AvgIpc) is 2.84. The molecule has 2 N–H and O–H groups in total. The zero-order valence-corrected chi connectivity index (χ0v) is 11.6. The molecule has 20 heavy (non-hydrogen) atoms. The SMILES string of the molecule is O=C(O)C=Cc1cnc(NC(=O)c2cccc(Cl)c2)s1. The molecule has 1 heterocycles. The van der Waals surface area contributed by atoms with E-state index in [0.29, 0.717) is 20.6 Å². The summed E-state index contributed by atoms with van der Waals surface area (Å²) in [6.45, 7) is 0. The van der Waals surface area contributed by atoms with Crippen molar-refractivity contribution < 1.29 is 14.7 Å². The number of aliphatic carboxylic acids is 1. The Morgan fingerprint density at radius 1 is 1.40 bits per heavy atom. The van der Waals surface area contributed by atoms with E-state index in [9.17, 15) is 9.59 Å². The zero-order chi connectivity index (χ0) is 14.5. The van der Waals surface area contributed by atoms with Crippen LogP contribution in [0.5, 0.6) is 0 Å². The first kappa shape index (κ1) is 14.2. The van der Waals surface area contributed by atoms with Gasteiger partial charge in [-0.15, -0.1) is 0 Å². The lowest BCUT2D eigenvalue weighted by Crippen LogP contribution is -2.11. The number of anilines is 1. The third-order valence-corrected chi connectivity index (χ3v) is 3.33. The molecule has 0 radical (unpaired) electrons. The molecule has 1 amide bonds. The summed E-state index contributed by atoms with van der Waals surface area (Å²) in [7, 11) is 0. The molecule has 0 unspecified atom stereocenters. The van der Waals surface area contributed by atoms with E-state index in [0.717, 1.165) is 6.08 Å². The number of hydrogen-bond donors (Lipinski definition) is 2.